The summed E-state index contributed by atoms with van der Waals surface area (Å²) in [6, 6.07) is 7.22. The molecular weight excluding hydrogens is 628 g/mol. The fourth-order valence-corrected chi connectivity index (χ4v) is 5.08. The van der Waals surface area contributed by atoms with Gasteiger partial charge in [-0.25, -0.2) is 13.8 Å². The number of hydrogen-bond acceptors (Lipinski definition) is 3. The third-order valence-electron chi connectivity index (χ3n) is 6.43. The molecule has 222 valence electrons. The SMILES string of the molecule is C#CCN(C(=O)c1ccc(F)nc1)c1cccc(C(=O)Nc2c(Br)cc(C(F)(CCC)CCC)cc2C(F)(F)F)c1F. The van der Waals surface area contributed by atoms with Crippen molar-refractivity contribution in [3.63, 3.8) is 0 Å². The van der Waals surface area contributed by atoms with Gasteiger partial charge in [0, 0.05) is 10.7 Å². The van der Waals surface area contributed by atoms with Gasteiger partial charge >= 0.3 is 6.18 Å². The van der Waals surface area contributed by atoms with Crippen molar-refractivity contribution in [3.8, 4) is 12.3 Å². The number of alkyl halides is 4. The number of nitrogens with zero attached hydrogens (tertiary/aromatic N) is 2. The highest BCUT2D eigenvalue weighted by Crippen LogP contribution is 2.45. The molecule has 0 saturated carbocycles. The summed E-state index contributed by atoms with van der Waals surface area (Å²) in [7, 11) is 0. The molecule has 0 aliphatic rings. The lowest BCUT2D eigenvalue weighted by molar-refractivity contribution is -0.137. The highest BCUT2D eigenvalue weighted by Gasteiger charge is 2.39. The first-order valence-corrected chi connectivity index (χ1v) is 13.6. The van der Waals surface area contributed by atoms with Crippen molar-refractivity contribution in [1.29, 1.82) is 0 Å². The predicted octanol–water partition coefficient (Wildman–Crippen LogP) is 8.44. The molecule has 5 nitrogen and oxygen atoms in total. The van der Waals surface area contributed by atoms with Crippen molar-refractivity contribution in [1.82, 2.24) is 4.98 Å². The molecule has 0 fully saturated rings. The Morgan fingerprint density at radius 1 is 1.05 bits per heavy atom. The summed E-state index contributed by atoms with van der Waals surface area (Å²) < 4.78 is 86.9. The van der Waals surface area contributed by atoms with E-state index >= 15 is 8.78 Å². The summed E-state index contributed by atoms with van der Waals surface area (Å²) in [4.78, 5) is 30.4. The minimum atomic E-state index is -5.00. The Balaban J connectivity index is 2.05. The van der Waals surface area contributed by atoms with Crippen LogP contribution in [0.3, 0.4) is 0 Å². The molecule has 3 aromatic rings. The second-order valence-electron chi connectivity index (χ2n) is 9.40. The first-order valence-electron chi connectivity index (χ1n) is 12.8. The minimum Gasteiger partial charge on any atom is -0.320 e. The highest BCUT2D eigenvalue weighted by molar-refractivity contribution is 9.10. The van der Waals surface area contributed by atoms with E-state index in [0.29, 0.717) is 18.9 Å². The Bertz CT molecular complexity index is 1500. The maximum atomic E-state index is 15.8. The van der Waals surface area contributed by atoms with Gasteiger partial charge in [0.1, 0.15) is 5.67 Å². The zero-order chi connectivity index (χ0) is 31.2. The van der Waals surface area contributed by atoms with Crippen LogP contribution in [0.2, 0.25) is 0 Å². The number of pyridine rings is 1. The first-order chi connectivity index (χ1) is 19.8. The van der Waals surface area contributed by atoms with Gasteiger partial charge in [0.15, 0.2) is 5.82 Å². The number of benzene rings is 2. The van der Waals surface area contributed by atoms with Crippen LogP contribution in [0, 0.1) is 24.1 Å². The molecule has 0 aliphatic heterocycles. The summed E-state index contributed by atoms with van der Waals surface area (Å²) in [6.07, 6.45) is 2.04. The molecular formula is C30H26BrF6N3O2. The molecule has 1 heterocycles. The maximum absolute atomic E-state index is 15.8. The van der Waals surface area contributed by atoms with Crippen LogP contribution in [0.25, 0.3) is 0 Å². The van der Waals surface area contributed by atoms with Gasteiger partial charge in [0.05, 0.1) is 34.6 Å². The zero-order valence-electron chi connectivity index (χ0n) is 22.6. The molecule has 0 atom stereocenters. The van der Waals surface area contributed by atoms with Gasteiger partial charge in [-0.1, -0.05) is 38.7 Å². The molecule has 0 saturated heterocycles. The number of aromatic nitrogens is 1. The van der Waals surface area contributed by atoms with E-state index in [9.17, 15) is 27.2 Å². The second-order valence-corrected chi connectivity index (χ2v) is 10.3. The number of anilines is 2. The molecule has 0 aliphatic carbocycles. The molecule has 42 heavy (non-hydrogen) atoms. The third kappa shape index (κ3) is 7.13. The van der Waals surface area contributed by atoms with Crippen LogP contribution in [0.15, 0.2) is 53.1 Å². The lowest BCUT2D eigenvalue weighted by Gasteiger charge is -2.27. The molecule has 0 unspecified atom stereocenters. The van der Waals surface area contributed by atoms with E-state index in [1.165, 1.54) is 12.1 Å². The molecule has 2 aromatic carbocycles. The van der Waals surface area contributed by atoms with E-state index in [1.54, 1.807) is 13.8 Å². The Morgan fingerprint density at radius 2 is 1.71 bits per heavy atom. The number of nitrogens with one attached hydrogen (secondary N) is 1. The monoisotopic (exact) mass is 653 g/mol. The second kappa shape index (κ2) is 13.4. The molecule has 1 aromatic heterocycles. The zero-order valence-corrected chi connectivity index (χ0v) is 24.2. The van der Waals surface area contributed by atoms with Crippen molar-refractivity contribution in [3.05, 3.63) is 87.2 Å². The molecule has 3 rings (SSSR count). The van der Waals surface area contributed by atoms with Crippen LogP contribution in [-0.2, 0) is 11.8 Å². The van der Waals surface area contributed by atoms with Crippen LogP contribution in [-0.4, -0.2) is 23.3 Å². The van der Waals surface area contributed by atoms with Gasteiger partial charge < -0.3 is 5.32 Å². The summed E-state index contributed by atoms with van der Waals surface area (Å²) in [5, 5.41) is 2.09. The van der Waals surface area contributed by atoms with Gasteiger partial charge in [-0.05, 0) is 70.7 Å². The summed E-state index contributed by atoms with van der Waals surface area (Å²) in [5.41, 5.74) is -5.54. The largest absolute Gasteiger partial charge is 0.418 e. The fraction of sp³-hybridized carbons (Fsp3) is 0.300. The van der Waals surface area contributed by atoms with Gasteiger partial charge in [0.2, 0.25) is 5.95 Å². The molecule has 0 spiro atoms. The van der Waals surface area contributed by atoms with Crippen molar-refractivity contribution < 1.29 is 35.9 Å². The van der Waals surface area contributed by atoms with E-state index in [0.717, 1.165) is 35.4 Å². The van der Waals surface area contributed by atoms with Crippen molar-refractivity contribution >= 4 is 39.1 Å². The third-order valence-corrected chi connectivity index (χ3v) is 7.05. The fourth-order valence-electron chi connectivity index (χ4n) is 4.52. The van der Waals surface area contributed by atoms with Crippen LogP contribution in [0.4, 0.5) is 37.7 Å². The molecule has 2 amide bonds. The van der Waals surface area contributed by atoms with Crippen LogP contribution in [0.1, 0.15) is 71.4 Å². The number of rotatable bonds is 10. The highest BCUT2D eigenvalue weighted by atomic mass is 79.9. The average Bonchev–Trinajstić information content (AvgIpc) is 2.92. The van der Waals surface area contributed by atoms with Crippen LogP contribution >= 0.6 is 15.9 Å². The number of amides is 2. The van der Waals surface area contributed by atoms with E-state index in [-0.39, 0.29) is 28.4 Å². The lowest BCUT2D eigenvalue weighted by atomic mass is 9.86. The standard InChI is InChI=1S/C30H26BrF6N3O2/c1-4-12-29(34,13-5-2)19-15-21(30(35,36)37)26(22(31)16-19)39-27(41)20-8-7-9-23(25(20)33)40(14-6-3)28(42)18-10-11-24(32)38-17-18/h3,7-11,15-17H,4-5,12-14H2,1-2H3,(H,39,41). The number of carbonyl (C=O) groups excluding carboxylic acids is 2. The van der Waals surface area contributed by atoms with Crippen LogP contribution < -0.4 is 10.2 Å². The normalized spacial score (nSPS) is 11.6. The Kier molecular flexibility index (Phi) is 10.4. The Hall–Kier alpha value is -3.85. The smallest absolute Gasteiger partial charge is 0.320 e. The van der Waals surface area contributed by atoms with Crippen molar-refractivity contribution in [2.45, 2.75) is 51.4 Å². The van der Waals surface area contributed by atoms with Gasteiger partial charge in [-0.3, -0.25) is 14.5 Å². The van der Waals surface area contributed by atoms with E-state index in [4.69, 9.17) is 6.42 Å². The lowest BCUT2D eigenvalue weighted by Crippen LogP contribution is -2.33. The van der Waals surface area contributed by atoms with Crippen molar-refractivity contribution in [2.24, 2.45) is 0 Å². The number of terminal acetylenes is 1. The number of halogens is 7. The summed E-state index contributed by atoms with van der Waals surface area (Å²) in [6.45, 7) is 2.98. The average molecular weight is 654 g/mol. The Labute approximate surface area is 247 Å². The van der Waals surface area contributed by atoms with E-state index < -0.39 is 64.5 Å². The summed E-state index contributed by atoms with van der Waals surface area (Å²) >= 11 is 3.03. The predicted molar refractivity (Wildman–Crippen MR) is 151 cm³/mol. The van der Waals surface area contributed by atoms with Gasteiger partial charge in [-0.15, -0.1) is 6.42 Å². The number of hydrogen-bond donors (Lipinski definition) is 1. The maximum Gasteiger partial charge on any atom is 0.418 e. The number of carbonyl (C=O) groups is 2. The van der Waals surface area contributed by atoms with Crippen LogP contribution in [0.5, 0.6) is 0 Å². The van der Waals surface area contributed by atoms with Gasteiger partial charge in [0.25, 0.3) is 11.8 Å². The quantitative estimate of drug-likeness (QED) is 0.136. The molecule has 0 bridgehead atoms. The molecule has 1 N–H and O–H groups in total. The topological polar surface area (TPSA) is 62.3 Å². The minimum absolute atomic E-state index is 0.00481. The van der Waals surface area contributed by atoms with Crippen molar-refractivity contribution in [2.75, 3.05) is 16.8 Å². The first kappa shape index (κ1) is 32.7. The van der Waals surface area contributed by atoms with E-state index in [2.05, 4.69) is 32.2 Å². The molecule has 12 heteroatoms. The van der Waals surface area contributed by atoms with E-state index in [1.807, 2.05) is 0 Å². The summed E-state index contributed by atoms with van der Waals surface area (Å²) in [5.74, 6) is -2.03. The Morgan fingerprint density at radius 3 is 2.26 bits per heavy atom. The molecule has 0 radical (unpaired) electrons. The van der Waals surface area contributed by atoms with Gasteiger partial charge in [-0.2, -0.15) is 17.6 Å².